The molecule has 0 spiro atoms. The molecule has 3 rings (SSSR count). The van der Waals surface area contributed by atoms with Crippen LogP contribution < -0.4 is 4.74 Å². The number of hydrogen-bond donors (Lipinski definition) is 1. The van der Waals surface area contributed by atoms with Crippen LogP contribution >= 0.6 is 0 Å². The molecule has 2 atom stereocenters. The van der Waals surface area contributed by atoms with Gasteiger partial charge in [0.05, 0.1) is 7.11 Å². The quantitative estimate of drug-likeness (QED) is 0.917. The van der Waals surface area contributed by atoms with E-state index in [1.54, 1.807) is 13.3 Å². The van der Waals surface area contributed by atoms with Crippen molar-refractivity contribution in [2.75, 3.05) is 7.11 Å². The minimum Gasteiger partial charge on any atom is -0.495 e. The van der Waals surface area contributed by atoms with Crippen molar-refractivity contribution in [2.24, 2.45) is 0 Å². The largest absolute Gasteiger partial charge is 0.495 e. The fourth-order valence-corrected chi connectivity index (χ4v) is 2.91. The topological polar surface area (TPSA) is 42.4 Å². The molecule has 98 valence electrons. The molecule has 2 unspecified atom stereocenters. The summed E-state index contributed by atoms with van der Waals surface area (Å²) in [4.78, 5) is 4.29. The molecule has 1 aliphatic carbocycles. The number of methoxy groups -OCH3 is 1. The molecular weight excluding hydrogens is 238 g/mol. The van der Waals surface area contributed by atoms with Crippen LogP contribution in [0.25, 0.3) is 0 Å². The predicted molar refractivity (Wildman–Crippen MR) is 73.3 cm³/mol. The Morgan fingerprint density at radius 1 is 1.26 bits per heavy atom. The van der Waals surface area contributed by atoms with E-state index in [2.05, 4.69) is 23.2 Å². The van der Waals surface area contributed by atoms with Crippen LogP contribution in [0.4, 0.5) is 0 Å². The van der Waals surface area contributed by atoms with Crippen LogP contribution in [0.1, 0.15) is 35.3 Å². The molecule has 2 aromatic rings. The number of nitrogens with zero attached hydrogens (tertiary/aromatic N) is 1. The maximum atomic E-state index is 10.6. The predicted octanol–water partition coefficient (Wildman–Crippen LogP) is 2.85. The van der Waals surface area contributed by atoms with Crippen molar-refractivity contribution >= 4 is 0 Å². The fraction of sp³-hybridized carbons (Fsp3) is 0.312. The Hall–Kier alpha value is -1.87. The maximum Gasteiger partial charge on any atom is 0.143 e. The smallest absolute Gasteiger partial charge is 0.143 e. The van der Waals surface area contributed by atoms with Gasteiger partial charge in [0.15, 0.2) is 0 Å². The first kappa shape index (κ1) is 12.2. The Morgan fingerprint density at radius 3 is 2.95 bits per heavy atom. The number of aliphatic hydroxyl groups excluding tert-OH is 1. The molecule has 3 heteroatoms. The third-order valence-corrected chi connectivity index (χ3v) is 3.86. The summed E-state index contributed by atoms with van der Waals surface area (Å²) in [7, 11) is 1.61. The molecule has 0 saturated carbocycles. The van der Waals surface area contributed by atoms with Crippen molar-refractivity contribution in [3.05, 3.63) is 59.4 Å². The van der Waals surface area contributed by atoms with Gasteiger partial charge in [-0.25, -0.2) is 0 Å². The zero-order valence-corrected chi connectivity index (χ0v) is 10.9. The molecule has 0 bridgehead atoms. The van der Waals surface area contributed by atoms with Crippen LogP contribution in [0, 0.1) is 0 Å². The molecular formula is C16H17NO2. The van der Waals surface area contributed by atoms with Gasteiger partial charge >= 0.3 is 0 Å². The van der Waals surface area contributed by atoms with Gasteiger partial charge in [-0.15, -0.1) is 0 Å². The third-order valence-electron chi connectivity index (χ3n) is 3.86. The minimum atomic E-state index is -0.611. The molecule has 1 heterocycles. The van der Waals surface area contributed by atoms with Gasteiger partial charge in [-0.1, -0.05) is 24.3 Å². The Labute approximate surface area is 112 Å². The first-order chi connectivity index (χ1) is 9.31. The number of fused-ring (bicyclic) bond motifs is 1. The lowest BCUT2D eigenvalue weighted by Crippen LogP contribution is -2.11. The Bertz CT molecular complexity index is 582. The zero-order chi connectivity index (χ0) is 13.2. The van der Waals surface area contributed by atoms with Crippen LogP contribution in [0.3, 0.4) is 0 Å². The molecule has 0 fully saturated rings. The average Bonchev–Trinajstić information content (AvgIpc) is 2.90. The molecule has 1 aromatic carbocycles. The lowest BCUT2D eigenvalue weighted by molar-refractivity contribution is 0.136. The van der Waals surface area contributed by atoms with E-state index in [-0.39, 0.29) is 5.92 Å². The summed E-state index contributed by atoms with van der Waals surface area (Å²) in [5.41, 5.74) is 3.20. The van der Waals surface area contributed by atoms with Gasteiger partial charge in [0, 0.05) is 12.1 Å². The summed E-state index contributed by atoms with van der Waals surface area (Å²) < 4.78 is 5.29. The Morgan fingerprint density at radius 2 is 2.11 bits per heavy atom. The average molecular weight is 255 g/mol. The van der Waals surface area contributed by atoms with E-state index in [4.69, 9.17) is 4.74 Å². The molecule has 3 nitrogen and oxygen atoms in total. The number of aryl methyl sites for hydroxylation is 1. The Balaban J connectivity index is 1.95. The van der Waals surface area contributed by atoms with E-state index < -0.39 is 6.10 Å². The molecule has 0 amide bonds. The van der Waals surface area contributed by atoms with E-state index >= 15 is 0 Å². The van der Waals surface area contributed by atoms with Gasteiger partial charge in [-0.2, -0.15) is 0 Å². The summed E-state index contributed by atoms with van der Waals surface area (Å²) in [6.45, 7) is 0. The minimum absolute atomic E-state index is 0.111. The second-order valence-electron chi connectivity index (χ2n) is 4.88. The van der Waals surface area contributed by atoms with Gasteiger partial charge in [-0.3, -0.25) is 4.98 Å². The van der Waals surface area contributed by atoms with Gasteiger partial charge < -0.3 is 9.84 Å². The van der Waals surface area contributed by atoms with Crippen molar-refractivity contribution < 1.29 is 9.84 Å². The monoisotopic (exact) mass is 255 g/mol. The summed E-state index contributed by atoms with van der Waals surface area (Å²) in [6, 6.07) is 12.0. The van der Waals surface area contributed by atoms with Crippen LogP contribution in [0.15, 0.2) is 42.6 Å². The van der Waals surface area contributed by atoms with E-state index in [0.717, 1.165) is 12.8 Å². The molecule has 0 aliphatic heterocycles. The van der Waals surface area contributed by atoms with Gasteiger partial charge in [0.1, 0.15) is 17.5 Å². The molecule has 1 aromatic heterocycles. The van der Waals surface area contributed by atoms with Crippen LogP contribution in [-0.2, 0) is 6.42 Å². The molecule has 19 heavy (non-hydrogen) atoms. The van der Waals surface area contributed by atoms with Crippen molar-refractivity contribution in [3.63, 3.8) is 0 Å². The second kappa shape index (κ2) is 5.02. The standard InChI is InChI=1S/C16H17NO2/c1-19-14-7-4-10-17-15(14)16(18)13-9-8-11-5-2-3-6-12(11)13/h2-7,10,13,16,18H,8-9H2,1H3. The number of hydrogen-bond acceptors (Lipinski definition) is 3. The van der Waals surface area contributed by atoms with Crippen LogP contribution in [0.2, 0.25) is 0 Å². The van der Waals surface area contributed by atoms with E-state index in [0.29, 0.717) is 11.4 Å². The first-order valence-corrected chi connectivity index (χ1v) is 6.56. The highest BCUT2D eigenvalue weighted by Crippen LogP contribution is 2.42. The normalized spacial score (nSPS) is 18.9. The van der Waals surface area contributed by atoms with E-state index in [9.17, 15) is 5.11 Å². The van der Waals surface area contributed by atoms with Crippen molar-refractivity contribution in [3.8, 4) is 5.75 Å². The molecule has 0 radical (unpaired) electrons. The van der Waals surface area contributed by atoms with Crippen LogP contribution in [0.5, 0.6) is 5.75 Å². The highest BCUT2D eigenvalue weighted by Gasteiger charge is 2.31. The number of ether oxygens (including phenoxy) is 1. The molecule has 0 saturated heterocycles. The van der Waals surface area contributed by atoms with Gasteiger partial charge in [0.25, 0.3) is 0 Å². The van der Waals surface area contributed by atoms with Crippen molar-refractivity contribution in [2.45, 2.75) is 24.9 Å². The van der Waals surface area contributed by atoms with E-state index in [1.807, 2.05) is 18.2 Å². The second-order valence-corrected chi connectivity index (χ2v) is 4.88. The summed E-state index contributed by atoms with van der Waals surface area (Å²) in [5, 5.41) is 10.6. The number of pyridine rings is 1. The molecule has 1 N–H and O–H groups in total. The maximum absolute atomic E-state index is 10.6. The highest BCUT2D eigenvalue weighted by atomic mass is 16.5. The first-order valence-electron chi connectivity index (χ1n) is 6.56. The summed E-state index contributed by atoms with van der Waals surface area (Å²) >= 11 is 0. The Kier molecular flexibility index (Phi) is 3.22. The SMILES string of the molecule is COc1cccnc1C(O)C1CCc2ccccc21. The lowest BCUT2D eigenvalue weighted by atomic mass is 9.92. The van der Waals surface area contributed by atoms with Crippen LogP contribution in [-0.4, -0.2) is 17.2 Å². The van der Waals surface area contributed by atoms with Gasteiger partial charge in [-0.05, 0) is 36.1 Å². The zero-order valence-electron chi connectivity index (χ0n) is 10.9. The summed E-state index contributed by atoms with van der Waals surface area (Å²) in [5.74, 6) is 0.763. The number of aliphatic hydroxyl groups is 1. The van der Waals surface area contributed by atoms with Gasteiger partial charge in [0.2, 0.25) is 0 Å². The lowest BCUT2D eigenvalue weighted by Gasteiger charge is -2.20. The van der Waals surface area contributed by atoms with E-state index in [1.165, 1.54) is 11.1 Å². The summed E-state index contributed by atoms with van der Waals surface area (Å²) in [6.07, 6.45) is 3.06. The third kappa shape index (κ3) is 2.10. The molecule has 1 aliphatic rings. The number of rotatable bonds is 3. The number of benzene rings is 1. The number of aromatic nitrogens is 1. The van der Waals surface area contributed by atoms with Crippen molar-refractivity contribution in [1.29, 1.82) is 0 Å². The van der Waals surface area contributed by atoms with Crippen molar-refractivity contribution in [1.82, 2.24) is 4.98 Å². The highest BCUT2D eigenvalue weighted by molar-refractivity contribution is 5.39. The fourth-order valence-electron chi connectivity index (χ4n) is 2.91.